The highest BCUT2D eigenvalue weighted by atomic mass is 16.6. The lowest BCUT2D eigenvalue weighted by molar-refractivity contribution is -0.142. The molecule has 0 unspecified atom stereocenters. The molecule has 0 bridgehead atoms. The summed E-state index contributed by atoms with van der Waals surface area (Å²) in [4.78, 5) is 11.1. The van der Waals surface area contributed by atoms with E-state index >= 15 is 0 Å². The number of hydrogen-bond acceptors (Lipinski definition) is 3. The Morgan fingerprint density at radius 1 is 0.947 bits per heavy atom. The number of carbonyl (C=O) groups excluding carboxylic acids is 1. The normalized spacial score (nSPS) is 22.3. The van der Waals surface area contributed by atoms with Crippen molar-refractivity contribution in [2.45, 2.75) is 18.6 Å². The minimum absolute atomic E-state index is 0.0745. The van der Waals surface area contributed by atoms with Crippen LogP contribution in [0.15, 0.2) is 54.6 Å². The van der Waals surface area contributed by atoms with Gasteiger partial charge in [-0.3, -0.25) is 4.79 Å². The first kappa shape index (κ1) is 11.9. The van der Waals surface area contributed by atoms with Crippen LogP contribution in [-0.2, 0) is 9.53 Å². The Morgan fingerprint density at radius 2 is 1.58 bits per heavy atom. The Morgan fingerprint density at radius 3 is 2.16 bits per heavy atom. The third kappa shape index (κ3) is 2.37. The topological polar surface area (TPSA) is 46.5 Å². The number of benzene rings is 2. The van der Waals surface area contributed by atoms with Crippen molar-refractivity contribution in [2.75, 3.05) is 0 Å². The van der Waals surface area contributed by atoms with Crippen molar-refractivity contribution in [3.63, 3.8) is 0 Å². The van der Waals surface area contributed by atoms with Crippen LogP contribution in [0.25, 0.3) is 11.1 Å². The van der Waals surface area contributed by atoms with Crippen LogP contribution >= 0.6 is 0 Å². The van der Waals surface area contributed by atoms with Crippen molar-refractivity contribution in [3.8, 4) is 11.1 Å². The van der Waals surface area contributed by atoms with E-state index in [0.29, 0.717) is 0 Å². The standard InChI is InChI=1S/C16H14O3/c17-14-10-15(18)19-16(14)13-8-6-12(7-9-13)11-4-2-1-3-5-11/h1-9,14,16-17H,10H2/t14-,16-/m0/s1. The van der Waals surface area contributed by atoms with Crippen LogP contribution in [0.5, 0.6) is 0 Å². The van der Waals surface area contributed by atoms with Gasteiger partial charge in [0.1, 0.15) is 6.10 Å². The lowest BCUT2D eigenvalue weighted by Gasteiger charge is -2.13. The van der Waals surface area contributed by atoms with E-state index in [4.69, 9.17) is 4.74 Å². The summed E-state index contributed by atoms with van der Waals surface area (Å²) in [6, 6.07) is 17.8. The highest BCUT2D eigenvalue weighted by Gasteiger charge is 2.34. The molecule has 96 valence electrons. The molecule has 0 radical (unpaired) electrons. The Labute approximate surface area is 111 Å². The van der Waals surface area contributed by atoms with Crippen LogP contribution < -0.4 is 0 Å². The molecule has 1 saturated heterocycles. The molecule has 19 heavy (non-hydrogen) atoms. The molecular formula is C16H14O3. The zero-order valence-corrected chi connectivity index (χ0v) is 10.3. The number of aliphatic hydroxyl groups excluding tert-OH is 1. The zero-order chi connectivity index (χ0) is 13.2. The van der Waals surface area contributed by atoms with Crippen molar-refractivity contribution < 1.29 is 14.6 Å². The quantitative estimate of drug-likeness (QED) is 0.838. The summed E-state index contributed by atoms with van der Waals surface area (Å²) in [5, 5.41) is 9.75. The van der Waals surface area contributed by atoms with Crippen molar-refractivity contribution in [1.29, 1.82) is 0 Å². The molecule has 2 atom stereocenters. The number of esters is 1. The third-order valence-corrected chi connectivity index (χ3v) is 3.33. The Bertz CT molecular complexity index is 575. The van der Waals surface area contributed by atoms with Crippen LogP contribution in [0.1, 0.15) is 18.1 Å². The lowest BCUT2D eigenvalue weighted by atomic mass is 10.00. The summed E-state index contributed by atoms with van der Waals surface area (Å²) in [5.74, 6) is -0.343. The van der Waals surface area contributed by atoms with E-state index in [-0.39, 0.29) is 12.4 Å². The molecule has 1 aliphatic heterocycles. The summed E-state index contributed by atoms with van der Waals surface area (Å²) in [6.07, 6.45) is -1.20. The van der Waals surface area contributed by atoms with Crippen LogP contribution in [-0.4, -0.2) is 17.2 Å². The maximum absolute atomic E-state index is 11.1. The fraction of sp³-hybridized carbons (Fsp3) is 0.188. The molecule has 0 amide bonds. The van der Waals surface area contributed by atoms with E-state index in [0.717, 1.165) is 16.7 Å². The van der Waals surface area contributed by atoms with Crippen LogP contribution in [0.2, 0.25) is 0 Å². The van der Waals surface area contributed by atoms with Gasteiger partial charge in [-0.05, 0) is 16.7 Å². The molecule has 0 spiro atoms. The Hall–Kier alpha value is -2.13. The smallest absolute Gasteiger partial charge is 0.309 e. The van der Waals surface area contributed by atoms with Crippen molar-refractivity contribution in [3.05, 3.63) is 60.2 Å². The van der Waals surface area contributed by atoms with Gasteiger partial charge in [-0.15, -0.1) is 0 Å². The minimum atomic E-state index is -0.741. The third-order valence-electron chi connectivity index (χ3n) is 3.33. The summed E-state index contributed by atoms with van der Waals surface area (Å²) in [5.41, 5.74) is 3.07. The average Bonchev–Trinajstić information content (AvgIpc) is 2.79. The maximum Gasteiger partial charge on any atom is 0.309 e. The molecule has 1 heterocycles. The molecule has 3 heteroatoms. The predicted molar refractivity (Wildman–Crippen MR) is 71.3 cm³/mol. The van der Waals surface area contributed by atoms with Gasteiger partial charge in [0.25, 0.3) is 0 Å². The second-order valence-electron chi connectivity index (χ2n) is 4.67. The monoisotopic (exact) mass is 254 g/mol. The minimum Gasteiger partial charge on any atom is -0.455 e. The summed E-state index contributed by atoms with van der Waals surface area (Å²) in [6.45, 7) is 0. The molecule has 1 aliphatic rings. The van der Waals surface area contributed by atoms with Gasteiger partial charge in [0.15, 0.2) is 6.10 Å². The van der Waals surface area contributed by atoms with E-state index in [2.05, 4.69) is 0 Å². The molecule has 0 aromatic heterocycles. The lowest BCUT2D eigenvalue weighted by Crippen LogP contribution is -2.11. The fourth-order valence-electron chi connectivity index (χ4n) is 2.33. The van der Waals surface area contributed by atoms with Gasteiger partial charge in [-0.2, -0.15) is 0 Å². The van der Waals surface area contributed by atoms with E-state index in [9.17, 15) is 9.90 Å². The highest BCUT2D eigenvalue weighted by molar-refractivity contribution is 5.73. The molecule has 0 aliphatic carbocycles. The summed E-state index contributed by atoms with van der Waals surface area (Å²) in [7, 11) is 0. The molecule has 2 aromatic carbocycles. The number of hydrogen-bond donors (Lipinski definition) is 1. The second kappa shape index (κ2) is 4.86. The summed E-state index contributed by atoms with van der Waals surface area (Å²) >= 11 is 0. The number of cyclic esters (lactones) is 1. The largest absolute Gasteiger partial charge is 0.455 e. The molecule has 3 nitrogen and oxygen atoms in total. The number of rotatable bonds is 2. The van der Waals surface area contributed by atoms with Gasteiger partial charge < -0.3 is 9.84 Å². The van der Waals surface area contributed by atoms with Crippen LogP contribution in [0, 0.1) is 0 Å². The van der Waals surface area contributed by atoms with E-state index < -0.39 is 12.2 Å². The van der Waals surface area contributed by atoms with Gasteiger partial charge in [0, 0.05) is 0 Å². The molecule has 1 fully saturated rings. The molecule has 0 saturated carbocycles. The van der Waals surface area contributed by atoms with Crippen molar-refractivity contribution in [1.82, 2.24) is 0 Å². The number of aliphatic hydroxyl groups is 1. The second-order valence-corrected chi connectivity index (χ2v) is 4.67. The number of ether oxygens (including phenoxy) is 1. The Balaban J connectivity index is 1.85. The van der Waals surface area contributed by atoms with Crippen LogP contribution in [0.3, 0.4) is 0 Å². The molecule has 1 N–H and O–H groups in total. The SMILES string of the molecule is O=C1C[C@H](O)[C@H](c2ccc(-c3ccccc3)cc2)O1. The van der Waals surface area contributed by atoms with E-state index in [1.165, 1.54) is 0 Å². The molecular weight excluding hydrogens is 240 g/mol. The maximum atomic E-state index is 11.1. The van der Waals surface area contributed by atoms with E-state index in [1.807, 2.05) is 54.6 Å². The van der Waals surface area contributed by atoms with Crippen LogP contribution in [0.4, 0.5) is 0 Å². The first-order valence-corrected chi connectivity index (χ1v) is 6.27. The first-order chi connectivity index (χ1) is 9.24. The fourth-order valence-corrected chi connectivity index (χ4v) is 2.33. The highest BCUT2D eigenvalue weighted by Crippen LogP contribution is 2.31. The van der Waals surface area contributed by atoms with Crippen molar-refractivity contribution in [2.24, 2.45) is 0 Å². The van der Waals surface area contributed by atoms with Gasteiger partial charge in [-0.25, -0.2) is 0 Å². The van der Waals surface area contributed by atoms with Gasteiger partial charge >= 0.3 is 5.97 Å². The zero-order valence-electron chi connectivity index (χ0n) is 10.3. The summed E-state index contributed by atoms with van der Waals surface area (Å²) < 4.78 is 5.12. The van der Waals surface area contributed by atoms with Gasteiger partial charge in [0.05, 0.1) is 6.42 Å². The average molecular weight is 254 g/mol. The van der Waals surface area contributed by atoms with Gasteiger partial charge in [-0.1, -0.05) is 54.6 Å². The molecule has 3 rings (SSSR count). The Kier molecular flexibility index (Phi) is 3.05. The molecule has 2 aromatic rings. The van der Waals surface area contributed by atoms with E-state index in [1.54, 1.807) is 0 Å². The first-order valence-electron chi connectivity index (χ1n) is 6.27. The predicted octanol–water partition coefficient (Wildman–Crippen LogP) is 2.70. The van der Waals surface area contributed by atoms with Crippen molar-refractivity contribution >= 4 is 5.97 Å². The number of carbonyl (C=O) groups is 1. The van der Waals surface area contributed by atoms with Gasteiger partial charge in [0.2, 0.25) is 0 Å².